The third kappa shape index (κ3) is 3.95. The van der Waals surface area contributed by atoms with E-state index >= 15 is 0 Å². The Balaban J connectivity index is 1.44. The molecule has 0 saturated heterocycles. The number of H-pyrrole nitrogens is 1. The number of nitriles is 1. The Bertz CT molecular complexity index is 1530. The number of nitrogens with zero attached hydrogens (tertiary/aromatic N) is 3. The number of aliphatic imine (C=N–C) groups is 1. The summed E-state index contributed by atoms with van der Waals surface area (Å²) in [5.74, 6) is -0.592. The number of aromatic amines is 1. The Kier molecular flexibility index (Phi) is 5.42. The number of carbonyl (C=O) groups is 1. The average molecular weight is 452 g/mol. The number of fused-ring (bicyclic) bond motifs is 2. The molecule has 1 unspecified atom stereocenters. The number of hydrogen-bond acceptors (Lipinski definition) is 4. The highest BCUT2D eigenvalue weighted by Gasteiger charge is 2.36. The van der Waals surface area contributed by atoms with E-state index in [1.165, 1.54) is 6.07 Å². The highest BCUT2D eigenvalue weighted by molar-refractivity contribution is 5.90. The summed E-state index contributed by atoms with van der Waals surface area (Å²) in [7, 11) is 0. The van der Waals surface area contributed by atoms with Crippen molar-refractivity contribution in [2.75, 3.05) is 0 Å². The van der Waals surface area contributed by atoms with Crippen molar-refractivity contribution in [2.45, 2.75) is 26.3 Å². The average Bonchev–Trinajstić information content (AvgIpc) is 3.29. The second kappa shape index (κ2) is 8.56. The molecule has 1 aliphatic rings. The number of amides is 1. The van der Waals surface area contributed by atoms with E-state index in [-0.39, 0.29) is 18.3 Å². The van der Waals surface area contributed by atoms with Crippen molar-refractivity contribution in [1.82, 2.24) is 15.3 Å². The van der Waals surface area contributed by atoms with Gasteiger partial charge in [0.15, 0.2) is 0 Å². The first-order chi connectivity index (χ1) is 16.5. The molecular formula is C27H22FN5O. The van der Waals surface area contributed by atoms with Crippen LogP contribution in [-0.2, 0) is 17.8 Å². The molecule has 1 aliphatic heterocycles. The van der Waals surface area contributed by atoms with E-state index in [0.717, 1.165) is 21.9 Å². The summed E-state index contributed by atoms with van der Waals surface area (Å²) >= 11 is 0. The molecule has 4 aromatic rings. The molecule has 2 N–H and O–H groups in total. The Labute approximate surface area is 195 Å². The maximum atomic E-state index is 14.6. The van der Waals surface area contributed by atoms with E-state index in [1.54, 1.807) is 43.0 Å². The highest BCUT2D eigenvalue weighted by atomic mass is 19.1. The number of hydrogen-bond donors (Lipinski definition) is 2. The first-order valence-corrected chi connectivity index (χ1v) is 11.0. The highest BCUT2D eigenvalue weighted by Crippen LogP contribution is 2.33. The number of aryl methyl sites for hydroxylation is 1. The van der Waals surface area contributed by atoms with Gasteiger partial charge in [0, 0.05) is 54.2 Å². The number of aromatic nitrogens is 2. The minimum Gasteiger partial charge on any atom is -0.361 e. The van der Waals surface area contributed by atoms with E-state index in [0.29, 0.717) is 35.0 Å². The lowest BCUT2D eigenvalue weighted by Gasteiger charge is -2.30. The number of carbonyl (C=O) groups excluding carboxylic acids is 1. The fourth-order valence-corrected chi connectivity index (χ4v) is 4.49. The molecule has 34 heavy (non-hydrogen) atoms. The van der Waals surface area contributed by atoms with Gasteiger partial charge in [0.05, 0.1) is 16.5 Å². The summed E-state index contributed by atoms with van der Waals surface area (Å²) in [6, 6.07) is 13.0. The van der Waals surface area contributed by atoms with Crippen LogP contribution in [0, 0.1) is 29.5 Å². The quantitative estimate of drug-likeness (QED) is 0.453. The molecule has 0 spiro atoms. The van der Waals surface area contributed by atoms with Crippen molar-refractivity contribution in [1.29, 1.82) is 5.26 Å². The normalized spacial score (nSPS) is 17.2. The molecule has 6 nitrogen and oxygen atoms in total. The fraction of sp³-hybridized carbons (Fsp3) is 0.185. The van der Waals surface area contributed by atoms with Crippen LogP contribution in [0.3, 0.4) is 0 Å². The summed E-state index contributed by atoms with van der Waals surface area (Å²) in [6.45, 7) is 2.02. The molecule has 2 aromatic carbocycles. The third-order valence-electron chi connectivity index (χ3n) is 6.27. The van der Waals surface area contributed by atoms with Crippen molar-refractivity contribution in [3.8, 4) is 6.07 Å². The standard InChI is InChI=1S/C27H22FN5O/c1-17-8-20-9-18(10-21(14-29)25(20)32-15-17)13-27(3-6-30-7-4-27)26(34)33-16-22-11-19-2-5-31-24(19)12-23(22)28/h2-3,5-12,15,31H,4,13,16H2,1H3,(H,33,34). The molecule has 1 amide bonds. The lowest BCUT2D eigenvalue weighted by atomic mass is 9.76. The van der Waals surface area contributed by atoms with Gasteiger partial charge >= 0.3 is 0 Å². The van der Waals surface area contributed by atoms with Gasteiger partial charge in [-0.2, -0.15) is 5.26 Å². The minimum atomic E-state index is -0.895. The Hall–Kier alpha value is -4.31. The van der Waals surface area contributed by atoms with Gasteiger partial charge in [0.25, 0.3) is 0 Å². The van der Waals surface area contributed by atoms with E-state index in [1.807, 2.05) is 25.1 Å². The van der Waals surface area contributed by atoms with E-state index in [2.05, 4.69) is 26.3 Å². The number of nitrogens with one attached hydrogen (secondary N) is 2. The van der Waals surface area contributed by atoms with Gasteiger partial charge in [-0.1, -0.05) is 6.08 Å². The van der Waals surface area contributed by atoms with Gasteiger partial charge in [-0.25, -0.2) is 4.39 Å². The summed E-state index contributed by atoms with van der Waals surface area (Å²) in [5, 5.41) is 14.3. The topological polar surface area (TPSA) is 93.9 Å². The smallest absolute Gasteiger partial charge is 0.231 e. The molecule has 0 radical (unpaired) electrons. The van der Waals surface area contributed by atoms with Gasteiger partial charge < -0.3 is 10.3 Å². The van der Waals surface area contributed by atoms with Crippen molar-refractivity contribution in [3.05, 3.63) is 89.1 Å². The molecule has 7 heteroatoms. The lowest BCUT2D eigenvalue weighted by molar-refractivity contribution is -0.128. The number of pyridine rings is 1. The SMILES string of the molecule is Cc1cnc2c(C#N)cc(CC3(C(=O)NCc4cc5cc[nH]c5cc4F)C=CN=CC3)cc2c1. The Morgan fingerprint density at radius 2 is 2.15 bits per heavy atom. The van der Waals surface area contributed by atoms with Crippen LogP contribution in [0.25, 0.3) is 21.8 Å². The first-order valence-electron chi connectivity index (χ1n) is 11.0. The molecule has 2 aromatic heterocycles. The van der Waals surface area contributed by atoms with Gasteiger partial charge in [0.2, 0.25) is 5.91 Å². The Morgan fingerprint density at radius 3 is 2.94 bits per heavy atom. The largest absolute Gasteiger partial charge is 0.361 e. The zero-order valence-corrected chi connectivity index (χ0v) is 18.6. The van der Waals surface area contributed by atoms with Gasteiger partial charge in [-0.3, -0.25) is 14.8 Å². The fourth-order valence-electron chi connectivity index (χ4n) is 4.49. The zero-order valence-electron chi connectivity index (χ0n) is 18.6. The van der Waals surface area contributed by atoms with Crippen LogP contribution in [0.5, 0.6) is 0 Å². The number of rotatable bonds is 5. The van der Waals surface area contributed by atoms with Crippen molar-refractivity contribution < 1.29 is 9.18 Å². The molecule has 1 atom stereocenters. The van der Waals surface area contributed by atoms with Crippen LogP contribution in [0.4, 0.5) is 4.39 Å². The van der Waals surface area contributed by atoms with Crippen LogP contribution in [0.15, 0.2) is 66.1 Å². The first kappa shape index (κ1) is 21.5. The van der Waals surface area contributed by atoms with E-state index in [9.17, 15) is 14.4 Å². The monoisotopic (exact) mass is 451 g/mol. The predicted molar refractivity (Wildman–Crippen MR) is 130 cm³/mol. The van der Waals surface area contributed by atoms with Crippen molar-refractivity contribution in [3.63, 3.8) is 0 Å². The van der Waals surface area contributed by atoms with Crippen LogP contribution >= 0.6 is 0 Å². The molecule has 0 saturated carbocycles. The molecule has 5 rings (SSSR count). The summed E-state index contributed by atoms with van der Waals surface area (Å²) in [6.07, 6.45) is 9.39. The van der Waals surface area contributed by atoms with Crippen LogP contribution in [0.2, 0.25) is 0 Å². The van der Waals surface area contributed by atoms with Gasteiger partial charge in [-0.05, 0) is 66.3 Å². The van der Waals surface area contributed by atoms with E-state index < -0.39 is 5.41 Å². The molecule has 0 fully saturated rings. The third-order valence-corrected chi connectivity index (χ3v) is 6.27. The second-order valence-corrected chi connectivity index (χ2v) is 8.72. The molecule has 168 valence electrons. The minimum absolute atomic E-state index is 0.0722. The molecule has 0 bridgehead atoms. The number of benzene rings is 2. The predicted octanol–water partition coefficient (Wildman–Crippen LogP) is 4.87. The second-order valence-electron chi connectivity index (χ2n) is 8.72. The van der Waals surface area contributed by atoms with Crippen LogP contribution in [0.1, 0.15) is 28.7 Å². The molecule has 3 heterocycles. The maximum absolute atomic E-state index is 14.6. The van der Waals surface area contributed by atoms with E-state index in [4.69, 9.17) is 0 Å². The molecule has 0 aliphatic carbocycles. The molecular weight excluding hydrogens is 429 g/mol. The van der Waals surface area contributed by atoms with Crippen molar-refractivity contribution in [2.24, 2.45) is 10.4 Å². The van der Waals surface area contributed by atoms with Gasteiger partial charge in [-0.15, -0.1) is 0 Å². The lowest BCUT2D eigenvalue weighted by Crippen LogP contribution is -2.42. The van der Waals surface area contributed by atoms with Crippen LogP contribution in [-0.4, -0.2) is 22.1 Å². The summed E-state index contributed by atoms with van der Waals surface area (Å²) in [4.78, 5) is 25.0. The summed E-state index contributed by atoms with van der Waals surface area (Å²) in [5.41, 5.74) is 3.20. The van der Waals surface area contributed by atoms with Crippen molar-refractivity contribution >= 4 is 33.9 Å². The number of halogens is 1. The summed E-state index contributed by atoms with van der Waals surface area (Å²) < 4.78 is 14.6. The van der Waals surface area contributed by atoms with Gasteiger partial charge in [0.1, 0.15) is 11.9 Å². The van der Waals surface area contributed by atoms with Crippen LogP contribution < -0.4 is 5.32 Å². The zero-order chi connectivity index (χ0) is 23.7. The Morgan fingerprint density at radius 1 is 1.26 bits per heavy atom. The maximum Gasteiger partial charge on any atom is 0.231 e.